The number of hydrogen-bond donors (Lipinski definition) is 1. The molecule has 0 aromatic heterocycles. The molecule has 1 atom stereocenters. The number of hydrogen-bond acceptors (Lipinski definition) is 3. The highest BCUT2D eigenvalue weighted by Gasteiger charge is 2.19. The van der Waals surface area contributed by atoms with Crippen LogP contribution in [0.2, 0.25) is 0 Å². The number of methoxy groups -OCH3 is 1. The fourth-order valence-corrected chi connectivity index (χ4v) is 2.77. The lowest BCUT2D eigenvalue weighted by atomic mass is 10.1. The second kappa shape index (κ2) is 7.77. The molecule has 1 aliphatic heterocycles. The minimum atomic E-state index is 0.412. The third-order valence-electron chi connectivity index (χ3n) is 3.91. The van der Waals surface area contributed by atoms with E-state index >= 15 is 0 Å². The van der Waals surface area contributed by atoms with Crippen molar-refractivity contribution in [1.82, 2.24) is 10.2 Å². The van der Waals surface area contributed by atoms with Crippen LogP contribution in [0.1, 0.15) is 37.8 Å². The summed E-state index contributed by atoms with van der Waals surface area (Å²) in [6.07, 6.45) is 2.85. The molecule has 1 aliphatic rings. The third-order valence-corrected chi connectivity index (χ3v) is 3.91. The molecule has 0 aliphatic carbocycles. The zero-order valence-corrected chi connectivity index (χ0v) is 13.1. The van der Waals surface area contributed by atoms with Gasteiger partial charge in [-0.1, -0.05) is 38.1 Å². The Morgan fingerprint density at radius 3 is 2.90 bits per heavy atom. The molecule has 2 rings (SSSR count). The average molecular weight is 276 g/mol. The van der Waals surface area contributed by atoms with Gasteiger partial charge < -0.3 is 10.1 Å². The first kappa shape index (κ1) is 15.5. The maximum absolute atomic E-state index is 5.50. The van der Waals surface area contributed by atoms with E-state index < -0.39 is 0 Å². The quantitative estimate of drug-likeness (QED) is 0.864. The van der Waals surface area contributed by atoms with E-state index in [9.17, 15) is 0 Å². The molecule has 1 aromatic rings. The Morgan fingerprint density at radius 2 is 2.15 bits per heavy atom. The first-order valence-corrected chi connectivity index (χ1v) is 7.73. The number of nitrogens with zero attached hydrogens (tertiary/aromatic N) is 1. The molecule has 1 N–H and O–H groups in total. The molecule has 112 valence electrons. The maximum atomic E-state index is 5.50. The van der Waals surface area contributed by atoms with Crippen molar-refractivity contribution in [3.8, 4) is 0 Å². The van der Waals surface area contributed by atoms with Crippen LogP contribution in [0.25, 0.3) is 0 Å². The van der Waals surface area contributed by atoms with Gasteiger partial charge in [-0.2, -0.15) is 0 Å². The number of likely N-dealkylation sites (tertiary alicyclic amines) is 1. The normalized spacial score (nSPS) is 20.5. The third kappa shape index (κ3) is 4.89. The van der Waals surface area contributed by atoms with Gasteiger partial charge in [-0.05, 0) is 30.5 Å². The van der Waals surface area contributed by atoms with Crippen molar-refractivity contribution < 1.29 is 4.74 Å². The minimum Gasteiger partial charge on any atom is -0.380 e. The highest BCUT2D eigenvalue weighted by Crippen LogP contribution is 2.16. The molecule has 0 bridgehead atoms. The predicted octanol–water partition coefficient (Wildman–Crippen LogP) is 2.80. The summed E-state index contributed by atoms with van der Waals surface area (Å²) >= 11 is 0. The fourth-order valence-electron chi connectivity index (χ4n) is 2.77. The van der Waals surface area contributed by atoms with Crippen molar-refractivity contribution in [3.63, 3.8) is 0 Å². The zero-order valence-electron chi connectivity index (χ0n) is 13.1. The lowest BCUT2D eigenvalue weighted by Gasteiger charge is -2.31. The maximum Gasteiger partial charge on any atom is 0.0698 e. The van der Waals surface area contributed by atoms with Gasteiger partial charge in [0.15, 0.2) is 0 Å². The Labute approximate surface area is 123 Å². The van der Waals surface area contributed by atoms with E-state index in [1.807, 2.05) is 7.11 Å². The number of nitrogens with one attached hydrogen (secondary N) is 1. The lowest BCUT2D eigenvalue weighted by Crippen LogP contribution is -2.38. The highest BCUT2D eigenvalue weighted by molar-refractivity contribution is 5.23. The molecule has 3 nitrogen and oxygen atoms in total. The predicted molar refractivity (Wildman–Crippen MR) is 83.7 cm³/mol. The fraction of sp³-hybridized carbons (Fsp3) is 0.647. The molecule has 0 amide bonds. The summed E-state index contributed by atoms with van der Waals surface area (Å²) in [7, 11) is 1.83. The van der Waals surface area contributed by atoms with Gasteiger partial charge in [0.1, 0.15) is 0 Å². The average Bonchev–Trinajstić information content (AvgIpc) is 2.46. The molecule has 1 fully saturated rings. The van der Waals surface area contributed by atoms with Gasteiger partial charge in [0.25, 0.3) is 0 Å². The zero-order chi connectivity index (χ0) is 14.4. The Hall–Kier alpha value is -0.900. The molecule has 1 aromatic carbocycles. The van der Waals surface area contributed by atoms with Crippen LogP contribution in [0.3, 0.4) is 0 Å². The molecular weight excluding hydrogens is 248 g/mol. The first-order chi connectivity index (χ1) is 9.67. The smallest absolute Gasteiger partial charge is 0.0698 e. The van der Waals surface area contributed by atoms with Crippen LogP contribution in [-0.2, 0) is 17.8 Å². The Bertz CT molecular complexity index is 406. The van der Waals surface area contributed by atoms with E-state index in [0.717, 1.165) is 19.6 Å². The standard InChI is InChI=1S/C17H28N2O/c1-14(2)18-11-15-6-4-7-16(10-15)12-19-9-5-8-17(13-19)20-3/h4,6-7,10,14,17-18H,5,8-9,11-13H2,1-3H3. The van der Waals surface area contributed by atoms with Gasteiger partial charge in [-0.15, -0.1) is 0 Å². The SMILES string of the molecule is COC1CCCN(Cc2cccc(CNC(C)C)c2)C1. The lowest BCUT2D eigenvalue weighted by molar-refractivity contribution is 0.0285. The van der Waals surface area contributed by atoms with Gasteiger partial charge in [0.2, 0.25) is 0 Å². The van der Waals surface area contributed by atoms with Crippen LogP contribution in [0, 0.1) is 0 Å². The number of ether oxygens (including phenoxy) is 1. The summed E-state index contributed by atoms with van der Waals surface area (Å²) < 4.78 is 5.50. The number of piperidine rings is 1. The highest BCUT2D eigenvalue weighted by atomic mass is 16.5. The molecule has 0 saturated carbocycles. The summed E-state index contributed by atoms with van der Waals surface area (Å²) in [5, 5.41) is 3.48. The molecule has 20 heavy (non-hydrogen) atoms. The summed E-state index contributed by atoms with van der Waals surface area (Å²) in [4.78, 5) is 2.51. The minimum absolute atomic E-state index is 0.412. The Kier molecular flexibility index (Phi) is 6.02. The summed E-state index contributed by atoms with van der Waals surface area (Å²) in [5.74, 6) is 0. The van der Waals surface area contributed by atoms with Crippen LogP contribution in [-0.4, -0.2) is 37.2 Å². The van der Waals surface area contributed by atoms with Crippen molar-refractivity contribution in [2.75, 3.05) is 20.2 Å². The molecule has 3 heteroatoms. The Morgan fingerprint density at radius 1 is 1.35 bits per heavy atom. The van der Waals surface area contributed by atoms with Crippen LogP contribution in [0.15, 0.2) is 24.3 Å². The largest absolute Gasteiger partial charge is 0.380 e. The second-order valence-corrected chi connectivity index (χ2v) is 6.09. The van der Waals surface area contributed by atoms with Crippen molar-refractivity contribution >= 4 is 0 Å². The summed E-state index contributed by atoms with van der Waals surface area (Å²) in [6, 6.07) is 9.46. The molecule has 1 saturated heterocycles. The molecule has 0 spiro atoms. The van der Waals surface area contributed by atoms with Gasteiger partial charge >= 0.3 is 0 Å². The van der Waals surface area contributed by atoms with Crippen molar-refractivity contribution in [2.24, 2.45) is 0 Å². The second-order valence-electron chi connectivity index (χ2n) is 6.09. The van der Waals surface area contributed by atoms with Crippen LogP contribution in [0.4, 0.5) is 0 Å². The molecule has 1 unspecified atom stereocenters. The van der Waals surface area contributed by atoms with Crippen LogP contribution < -0.4 is 5.32 Å². The Balaban J connectivity index is 1.90. The number of rotatable bonds is 6. The van der Waals surface area contributed by atoms with Crippen LogP contribution >= 0.6 is 0 Å². The molecular formula is C17H28N2O. The van der Waals surface area contributed by atoms with Crippen molar-refractivity contribution in [3.05, 3.63) is 35.4 Å². The van der Waals surface area contributed by atoms with Gasteiger partial charge in [0.05, 0.1) is 6.10 Å². The summed E-state index contributed by atoms with van der Waals surface area (Å²) in [5.41, 5.74) is 2.78. The van der Waals surface area contributed by atoms with E-state index in [4.69, 9.17) is 4.74 Å². The van der Waals surface area contributed by atoms with E-state index in [1.54, 1.807) is 0 Å². The van der Waals surface area contributed by atoms with Gasteiger partial charge in [-0.25, -0.2) is 0 Å². The summed E-state index contributed by atoms with van der Waals surface area (Å²) in [6.45, 7) is 8.60. The van der Waals surface area contributed by atoms with Crippen molar-refractivity contribution in [1.29, 1.82) is 0 Å². The first-order valence-electron chi connectivity index (χ1n) is 7.73. The monoisotopic (exact) mass is 276 g/mol. The molecule has 1 heterocycles. The van der Waals surface area contributed by atoms with E-state index in [1.165, 1.54) is 30.5 Å². The van der Waals surface area contributed by atoms with E-state index in [-0.39, 0.29) is 0 Å². The topological polar surface area (TPSA) is 24.5 Å². The van der Waals surface area contributed by atoms with E-state index in [2.05, 4.69) is 48.3 Å². The van der Waals surface area contributed by atoms with Gasteiger partial charge in [0, 0.05) is 32.8 Å². The van der Waals surface area contributed by atoms with Crippen molar-refractivity contribution in [2.45, 2.75) is 51.9 Å². The number of benzene rings is 1. The van der Waals surface area contributed by atoms with Crippen LogP contribution in [0.5, 0.6) is 0 Å². The van der Waals surface area contributed by atoms with Gasteiger partial charge in [-0.3, -0.25) is 4.90 Å². The van der Waals surface area contributed by atoms with E-state index in [0.29, 0.717) is 12.1 Å². The molecule has 0 radical (unpaired) electrons.